The number of hydrogen-bond donors (Lipinski definition) is 1. The average Bonchev–Trinajstić information content (AvgIpc) is 3.93. The number of thioether (sulfide) groups is 3. The summed E-state index contributed by atoms with van der Waals surface area (Å²) in [6, 6.07) is 18.5. The molecule has 0 radical (unpaired) electrons. The van der Waals surface area contributed by atoms with Crippen molar-refractivity contribution in [3.05, 3.63) is 102 Å². The highest BCUT2D eigenvalue weighted by atomic mass is 79.9. The fraction of sp³-hybridized carbons (Fsp3) is 0.194. The summed E-state index contributed by atoms with van der Waals surface area (Å²) in [6.07, 6.45) is 18.1. The standard InChI is InChI=1S/C12H13N5S.C12H11N5S.C8H7BrN2.C4H5N3S/c2*1-17-11-4-3-8(5-9(11)6-14-17)10-7-13-16-12(15-10)18-2;1-11-8-3-2-7(9)4-6(8)5-10-11;1-8-4-5-2-3-6-7-4/h3-7,10H,1-2H3,(H,15,16);3-7H,1-2H3;2-5H,1H3;2-3H,1H3. The number of hydrogen-bond acceptors (Lipinski definition) is 15. The van der Waals surface area contributed by atoms with Crippen LogP contribution in [0.25, 0.3) is 44.0 Å². The number of aryl methyl sites for hydroxylation is 3. The molecular formula is C36H36BrN15S3. The van der Waals surface area contributed by atoms with E-state index in [0.29, 0.717) is 10.3 Å². The van der Waals surface area contributed by atoms with Crippen LogP contribution in [0.5, 0.6) is 0 Å². The maximum Gasteiger partial charge on any atom is 0.209 e. The van der Waals surface area contributed by atoms with Gasteiger partial charge in [0.05, 0.1) is 65.6 Å². The Hall–Kier alpha value is -5.24. The molecule has 0 fully saturated rings. The molecule has 9 rings (SSSR count). The zero-order valence-electron chi connectivity index (χ0n) is 30.7. The third-order valence-electron chi connectivity index (χ3n) is 8.05. The number of nitrogens with one attached hydrogen (secondary N) is 1. The van der Waals surface area contributed by atoms with Crippen LogP contribution in [-0.2, 0) is 21.1 Å². The summed E-state index contributed by atoms with van der Waals surface area (Å²) in [5, 5.41) is 37.6. The minimum absolute atomic E-state index is 0.0155. The van der Waals surface area contributed by atoms with E-state index in [1.165, 1.54) is 28.9 Å². The van der Waals surface area contributed by atoms with Crippen LogP contribution in [-0.4, -0.2) is 89.9 Å². The van der Waals surface area contributed by atoms with Crippen molar-refractivity contribution in [2.24, 2.45) is 31.2 Å². The van der Waals surface area contributed by atoms with Gasteiger partial charge in [-0.15, -0.1) is 10.2 Å². The van der Waals surface area contributed by atoms with Gasteiger partial charge in [0.25, 0.3) is 0 Å². The van der Waals surface area contributed by atoms with Crippen LogP contribution >= 0.6 is 51.2 Å². The fourth-order valence-corrected chi connectivity index (χ4v) is 6.63. The molecule has 3 aromatic carbocycles. The van der Waals surface area contributed by atoms with Crippen molar-refractivity contribution < 1.29 is 0 Å². The van der Waals surface area contributed by atoms with Crippen molar-refractivity contribution in [3.8, 4) is 11.3 Å². The van der Waals surface area contributed by atoms with Crippen LogP contribution < -0.4 is 5.43 Å². The molecule has 1 aliphatic rings. The number of benzene rings is 3. The molecule has 5 aromatic heterocycles. The van der Waals surface area contributed by atoms with Crippen LogP contribution in [0.3, 0.4) is 0 Å². The van der Waals surface area contributed by atoms with Crippen molar-refractivity contribution in [2.45, 2.75) is 16.4 Å². The number of hydrazone groups is 1. The molecule has 8 aromatic rings. The molecule has 1 aliphatic heterocycles. The predicted octanol–water partition coefficient (Wildman–Crippen LogP) is 7.00. The van der Waals surface area contributed by atoms with E-state index in [2.05, 4.69) is 107 Å². The van der Waals surface area contributed by atoms with Gasteiger partial charge in [-0.1, -0.05) is 63.3 Å². The lowest BCUT2D eigenvalue weighted by Gasteiger charge is -2.14. The molecule has 1 unspecified atom stereocenters. The Balaban J connectivity index is 0.000000131. The highest BCUT2D eigenvalue weighted by molar-refractivity contribution is 9.10. The lowest BCUT2D eigenvalue weighted by molar-refractivity contribution is 0.797. The monoisotopic (exact) mass is 853 g/mol. The smallest absolute Gasteiger partial charge is 0.209 e. The van der Waals surface area contributed by atoms with E-state index in [1.54, 1.807) is 30.4 Å². The zero-order valence-corrected chi connectivity index (χ0v) is 34.7. The van der Waals surface area contributed by atoms with Gasteiger partial charge in [-0.3, -0.25) is 19.5 Å². The molecule has 0 saturated carbocycles. The summed E-state index contributed by atoms with van der Waals surface area (Å²) in [6.45, 7) is 0. The molecular weight excluding hydrogens is 819 g/mol. The third kappa shape index (κ3) is 10.1. The zero-order chi connectivity index (χ0) is 38.7. The van der Waals surface area contributed by atoms with E-state index < -0.39 is 0 Å². The highest BCUT2D eigenvalue weighted by Gasteiger charge is 2.14. The van der Waals surface area contributed by atoms with Gasteiger partial charge >= 0.3 is 0 Å². The molecule has 0 aliphatic carbocycles. The number of halogens is 1. The molecule has 6 heterocycles. The Labute approximate surface area is 338 Å². The van der Waals surface area contributed by atoms with E-state index in [1.807, 2.05) is 103 Å². The Bertz CT molecular complexity index is 2570. The third-order valence-corrected chi connectivity index (χ3v) is 10.2. The highest BCUT2D eigenvalue weighted by Crippen LogP contribution is 2.25. The number of amidine groups is 1. The Morgan fingerprint density at radius 3 is 1.89 bits per heavy atom. The fourth-order valence-electron chi connectivity index (χ4n) is 5.28. The van der Waals surface area contributed by atoms with Crippen LogP contribution in [0.4, 0.5) is 0 Å². The molecule has 280 valence electrons. The molecule has 19 heteroatoms. The first-order chi connectivity index (χ1) is 26.8. The van der Waals surface area contributed by atoms with Gasteiger partial charge in [-0.05, 0) is 66.8 Å². The maximum atomic E-state index is 4.58. The number of aliphatic imine (C=N–C) groups is 1. The first-order valence-corrected chi connectivity index (χ1v) is 21.0. The van der Waals surface area contributed by atoms with Gasteiger partial charge in [-0.25, -0.2) is 15.0 Å². The Morgan fingerprint density at radius 1 is 0.655 bits per heavy atom. The summed E-state index contributed by atoms with van der Waals surface area (Å²) in [5.41, 5.74) is 9.26. The molecule has 1 N–H and O–H groups in total. The molecule has 1 atom stereocenters. The number of aromatic nitrogens is 12. The van der Waals surface area contributed by atoms with Crippen molar-refractivity contribution in [1.82, 2.24) is 65.1 Å². The van der Waals surface area contributed by atoms with E-state index >= 15 is 0 Å². The summed E-state index contributed by atoms with van der Waals surface area (Å²) >= 11 is 7.93. The number of fused-ring (bicyclic) bond motifs is 3. The molecule has 55 heavy (non-hydrogen) atoms. The normalized spacial score (nSPS) is 13.2. The van der Waals surface area contributed by atoms with E-state index in [0.717, 1.165) is 53.8 Å². The summed E-state index contributed by atoms with van der Waals surface area (Å²) in [4.78, 5) is 12.9. The summed E-state index contributed by atoms with van der Waals surface area (Å²) < 4.78 is 6.68. The minimum Gasteiger partial charge on any atom is -0.268 e. The predicted molar refractivity (Wildman–Crippen MR) is 227 cm³/mol. The second-order valence-corrected chi connectivity index (χ2v) is 14.8. The van der Waals surface area contributed by atoms with Gasteiger partial charge in [0.2, 0.25) is 10.3 Å². The molecule has 0 saturated heterocycles. The van der Waals surface area contributed by atoms with Gasteiger partial charge in [0.1, 0.15) is 6.04 Å². The summed E-state index contributed by atoms with van der Waals surface area (Å²) in [7, 11) is 5.81. The SMILES string of the molecule is CSC1=NC(c2ccc3c(cnn3C)c2)C=NN1.CSc1nccnn1.CSc1nncc(-c2ccc3c(cnn3C)c2)n1.Cn1ncc2cc(Br)ccc21. The second-order valence-electron chi connectivity index (χ2n) is 11.5. The van der Waals surface area contributed by atoms with Crippen LogP contribution in [0.1, 0.15) is 11.6 Å². The molecule has 0 spiro atoms. The van der Waals surface area contributed by atoms with Crippen molar-refractivity contribution in [1.29, 1.82) is 0 Å². The molecule has 0 amide bonds. The Kier molecular flexibility index (Phi) is 13.5. The quantitative estimate of drug-likeness (QED) is 0.180. The van der Waals surface area contributed by atoms with Crippen LogP contribution in [0.15, 0.2) is 117 Å². The van der Waals surface area contributed by atoms with Crippen molar-refractivity contribution in [3.63, 3.8) is 0 Å². The Morgan fingerprint density at radius 2 is 1.27 bits per heavy atom. The van der Waals surface area contributed by atoms with Gasteiger partial charge < -0.3 is 0 Å². The maximum absolute atomic E-state index is 4.58. The average molecular weight is 855 g/mol. The van der Waals surface area contributed by atoms with Crippen LogP contribution in [0, 0.1) is 0 Å². The largest absolute Gasteiger partial charge is 0.268 e. The molecule has 0 bridgehead atoms. The first-order valence-electron chi connectivity index (χ1n) is 16.5. The lowest BCUT2D eigenvalue weighted by Crippen LogP contribution is -2.20. The van der Waals surface area contributed by atoms with Crippen molar-refractivity contribution >= 4 is 95.3 Å². The lowest BCUT2D eigenvalue weighted by atomic mass is 10.1. The van der Waals surface area contributed by atoms with E-state index in [4.69, 9.17) is 0 Å². The van der Waals surface area contributed by atoms with E-state index in [-0.39, 0.29) is 6.04 Å². The topological polar surface area (TPSA) is 168 Å². The molecule has 15 nitrogen and oxygen atoms in total. The second kappa shape index (κ2) is 18.9. The first kappa shape index (κ1) is 39.5. The van der Waals surface area contributed by atoms with E-state index in [9.17, 15) is 0 Å². The van der Waals surface area contributed by atoms with Gasteiger partial charge in [0, 0.05) is 47.3 Å². The minimum atomic E-state index is -0.0155. The number of nitrogens with zero attached hydrogens (tertiary/aromatic N) is 14. The van der Waals surface area contributed by atoms with Gasteiger partial charge in [-0.2, -0.15) is 30.6 Å². The number of rotatable bonds is 4. The summed E-state index contributed by atoms with van der Waals surface area (Å²) in [5.74, 6) is 0. The van der Waals surface area contributed by atoms with Gasteiger partial charge in [0.15, 0.2) is 5.17 Å². The van der Waals surface area contributed by atoms with Crippen molar-refractivity contribution in [2.75, 3.05) is 18.8 Å². The van der Waals surface area contributed by atoms with Crippen LogP contribution in [0.2, 0.25) is 0 Å².